The van der Waals surface area contributed by atoms with Gasteiger partial charge in [0.1, 0.15) is 23.3 Å². The molecule has 0 fully saturated rings. The quantitative estimate of drug-likeness (QED) is 0.544. The van der Waals surface area contributed by atoms with Crippen LogP contribution in [-0.4, -0.2) is 49.6 Å². The fraction of sp³-hybridized carbons (Fsp3) is 0.417. The summed E-state index contributed by atoms with van der Waals surface area (Å²) >= 11 is 6.31. The number of carbonyl (C=O) groups is 2. The zero-order valence-corrected chi connectivity index (χ0v) is 19.9. The summed E-state index contributed by atoms with van der Waals surface area (Å²) in [5.74, 6) is 0.923. The molecule has 0 heterocycles. The van der Waals surface area contributed by atoms with Gasteiger partial charge < -0.3 is 24.4 Å². The Morgan fingerprint density at radius 2 is 1.62 bits per heavy atom. The van der Waals surface area contributed by atoms with Crippen molar-refractivity contribution in [2.24, 2.45) is 0 Å². The summed E-state index contributed by atoms with van der Waals surface area (Å²) in [5, 5.41) is 3.46. The maximum atomic E-state index is 13.2. The van der Waals surface area contributed by atoms with E-state index in [0.29, 0.717) is 22.3 Å². The minimum atomic E-state index is -0.712. The lowest BCUT2D eigenvalue weighted by Crippen LogP contribution is -2.50. The van der Waals surface area contributed by atoms with Gasteiger partial charge in [-0.05, 0) is 31.9 Å². The summed E-state index contributed by atoms with van der Waals surface area (Å²) in [7, 11) is 3.07. The van der Waals surface area contributed by atoms with Crippen molar-refractivity contribution in [1.82, 2.24) is 10.2 Å². The lowest BCUT2D eigenvalue weighted by Gasteiger charge is -2.30. The highest BCUT2D eigenvalue weighted by atomic mass is 35.5. The summed E-state index contributed by atoms with van der Waals surface area (Å²) < 4.78 is 16.2. The fourth-order valence-electron chi connectivity index (χ4n) is 2.95. The summed E-state index contributed by atoms with van der Waals surface area (Å²) in [4.78, 5) is 27.4. The van der Waals surface area contributed by atoms with E-state index in [0.717, 1.165) is 12.0 Å². The number of hydrogen-bond acceptors (Lipinski definition) is 5. The third-order valence-corrected chi connectivity index (χ3v) is 5.52. The Hall–Kier alpha value is -2.93. The predicted octanol–water partition coefficient (Wildman–Crippen LogP) is 4.07. The molecule has 0 aliphatic carbocycles. The Morgan fingerprint density at radius 1 is 1.03 bits per heavy atom. The van der Waals surface area contributed by atoms with Crippen LogP contribution < -0.4 is 19.5 Å². The Bertz CT molecular complexity index is 899. The van der Waals surface area contributed by atoms with Crippen LogP contribution in [0.15, 0.2) is 42.5 Å². The second-order valence-electron chi connectivity index (χ2n) is 7.44. The van der Waals surface area contributed by atoms with Crippen molar-refractivity contribution in [2.45, 2.75) is 45.8 Å². The molecule has 0 saturated carbocycles. The number of rotatable bonds is 11. The minimum absolute atomic E-state index is 0.00251. The second kappa shape index (κ2) is 12.2. The van der Waals surface area contributed by atoms with Gasteiger partial charge in [-0.25, -0.2) is 0 Å². The molecule has 0 aromatic heterocycles. The molecule has 2 rings (SSSR count). The average Bonchev–Trinajstić information content (AvgIpc) is 2.81. The van der Waals surface area contributed by atoms with Crippen molar-refractivity contribution in [3.05, 3.63) is 53.1 Å². The molecule has 2 aromatic rings. The number of ether oxygens (including phenoxy) is 3. The van der Waals surface area contributed by atoms with Crippen LogP contribution >= 0.6 is 11.6 Å². The van der Waals surface area contributed by atoms with Gasteiger partial charge in [-0.15, -0.1) is 0 Å². The highest BCUT2D eigenvalue weighted by Gasteiger charge is 2.27. The molecular weight excluding hydrogens is 432 g/mol. The average molecular weight is 463 g/mol. The third kappa shape index (κ3) is 7.05. The van der Waals surface area contributed by atoms with Crippen molar-refractivity contribution in [1.29, 1.82) is 0 Å². The zero-order chi connectivity index (χ0) is 23.7. The Balaban J connectivity index is 2.21. The van der Waals surface area contributed by atoms with Crippen molar-refractivity contribution in [2.75, 3.05) is 20.8 Å². The minimum Gasteiger partial charge on any atom is -0.496 e. The zero-order valence-electron chi connectivity index (χ0n) is 19.2. The maximum Gasteiger partial charge on any atom is 0.261 e. The van der Waals surface area contributed by atoms with Gasteiger partial charge in [0.25, 0.3) is 5.91 Å². The van der Waals surface area contributed by atoms with Crippen molar-refractivity contribution >= 4 is 23.4 Å². The number of benzene rings is 2. The Kier molecular flexibility index (Phi) is 9.65. The molecule has 0 spiro atoms. The molecule has 0 radical (unpaired) electrons. The molecule has 0 saturated heterocycles. The Labute approximate surface area is 194 Å². The number of amides is 2. The van der Waals surface area contributed by atoms with Crippen LogP contribution in [0.2, 0.25) is 5.02 Å². The first kappa shape index (κ1) is 25.3. The van der Waals surface area contributed by atoms with Gasteiger partial charge in [-0.1, -0.05) is 36.7 Å². The second-order valence-corrected chi connectivity index (χ2v) is 7.85. The number of halogens is 1. The fourth-order valence-corrected chi connectivity index (χ4v) is 3.15. The van der Waals surface area contributed by atoms with E-state index >= 15 is 0 Å². The van der Waals surface area contributed by atoms with Crippen molar-refractivity contribution in [3.63, 3.8) is 0 Å². The molecule has 2 atom stereocenters. The molecule has 0 aliphatic rings. The lowest BCUT2D eigenvalue weighted by atomic mass is 10.1. The number of hydrogen-bond donors (Lipinski definition) is 1. The van der Waals surface area contributed by atoms with E-state index in [4.69, 9.17) is 25.8 Å². The maximum absolute atomic E-state index is 13.2. The van der Waals surface area contributed by atoms with Crippen LogP contribution in [0.1, 0.15) is 32.8 Å². The van der Waals surface area contributed by atoms with Crippen LogP contribution in [0, 0.1) is 0 Å². The van der Waals surface area contributed by atoms with E-state index in [1.165, 1.54) is 19.1 Å². The molecule has 32 heavy (non-hydrogen) atoms. The van der Waals surface area contributed by atoms with Gasteiger partial charge in [0.05, 0.1) is 14.2 Å². The first-order valence-corrected chi connectivity index (χ1v) is 10.9. The van der Waals surface area contributed by atoms with E-state index in [2.05, 4.69) is 5.32 Å². The third-order valence-electron chi connectivity index (χ3n) is 5.15. The number of nitrogens with zero attached hydrogens (tertiary/aromatic N) is 1. The molecule has 1 N–H and O–H groups in total. The van der Waals surface area contributed by atoms with E-state index in [-0.39, 0.29) is 31.0 Å². The summed E-state index contributed by atoms with van der Waals surface area (Å²) in [6.45, 7) is 5.52. The summed E-state index contributed by atoms with van der Waals surface area (Å²) in [6.07, 6.45) is 0.789. The molecule has 0 aliphatic heterocycles. The molecule has 7 nitrogen and oxygen atoms in total. The number of carbonyl (C=O) groups excluding carboxylic acids is 2. The van der Waals surface area contributed by atoms with Crippen LogP contribution in [0.3, 0.4) is 0 Å². The molecule has 174 valence electrons. The highest BCUT2D eigenvalue weighted by Crippen LogP contribution is 2.27. The van der Waals surface area contributed by atoms with Gasteiger partial charge >= 0.3 is 0 Å². The molecular formula is C24H31ClN2O5. The lowest BCUT2D eigenvalue weighted by molar-refractivity contribution is -0.142. The van der Waals surface area contributed by atoms with E-state index in [1.54, 1.807) is 31.2 Å². The van der Waals surface area contributed by atoms with Crippen molar-refractivity contribution < 1.29 is 23.8 Å². The predicted molar refractivity (Wildman–Crippen MR) is 124 cm³/mol. The standard InChI is InChI=1S/C24H31ClN2O5/c1-6-16(2)26-24(29)17(3)27(14-18-9-7-8-10-22(18)25)23(28)15-32-21-12-19(30-4)11-20(13-21)31-5/h7-13,16-17H,6,14-15H2,1-5H3,(H,26,29). The normalized spacial score (nSPS) is 12.4. The largest absolute Gasteiger partial charge is 0.496 e. The van der Waals surface area contributed by atoms with E-state index in [9.17, 15) is 9.59 Å². The van der Waals surface area contributed by atoms with Crippen LogP contribution in [0.5, 0.6) is 17.2 Å². The van der Waals surface area contributed by atoms with E-state index < -0.39 is 6.04 Å². The van der Waals surface area contributed by atoms with Crippen molar-refractivity contribution in [3.8, 4) is 17.2 Å². The molecule has 8 heteroatoms. The first-order chi connectivity index (χ1) is 15.3. The Morgan fingerprint density at radius 3 is 2.19 bits per heavy atom. The van der Waals surface area contributed by atoms with Gasteiger partial charge in [0.15, 0.2) is 6.61 Å². The first-order valence-electron chi connectivity index (χ1n) is 10.5. The molecule has 0 bridgehead atoms. The summed E-state index contributed by atoms with van der Waals surface area (Å²) in [6, 6.07) is 11.6. The smallest absolute Gasteiger partial charge is 0.261 e. The van der Waals surface area contributed by atoms with Gasteiger partial charge in [-0.2, -0.15) is 0 Å². The number of methoxy groups -OCH3 is 2. The number of nitrogens with one attached hydrogen (secondary N) is 1. The summed E-state index contributed by atoms with van der Waals surface area (Å²) in [5.41, 5.74) is 0.744. The molecule has 2 amide bonds. The molecule has 2 aromatic carbocycles. The van der Waals surface area contributed by atoms with Crippen LogP contribution in [0.25, 0.3) is 0 Å². The topological polar surface area (TPSA) is 77.1 Å². The van der Waals surface area contributed by atoms with Gasteiger partial charge in [0.2, 0.25) is 5.91 Å². The van der Waals surface area contributed by atoms with Gasteiger partial charge in [0, 0.05) is 35.8 Å². The SMILES string of the molecule is CCC(C)NC(=O)C(C)N(Cc1ccccc1Cl)C(=O)COc1cc(OC)cc(OC)c1. The van der Waals surface area contributed by atoms with Crippen LogP contribution in [-0.2, 0) is 16.1 Å². The van der Waals surface area contributed by atoms with E-state index in [1.807, 2.05) is 32.0 Å². The monoisotopic (exact) mass is 462 g/mol. The van der Waals surface area contributed by atoms with Crippen LogP contribution in [0.4, 0.5) is 0 Å². The van der Waals surface area contributed by atoms with Gasteiger partial charge in [-0.3, -0.25) is 9.59 Å². The molecule has 2 unspecified atom stereocenters. The highest BCUT2D eigenvalue weighted by molar-refractivity contribution is 6.31.